The van der Waals surface area contributed by atoms with Gasteiger partial charge in [0.2, 0.25) is 5.91 Å². The van der Waals surface area contributed by atoms with Crippen LogP contribution in [0.25, 0.3) is 11.3 Å². The van der Waals surface area contributed by atoms with E-state index in [9.17, 15) is 13.2 Å². The molecule has 130 valence electrons. The zero-order chi connectivity index (χ0) is 18.0. The molecule has 2 aromatic heterocycles. The number of nitrogens with one attached hydrogen (secondary N) is 2. The lowest BCUT2D eigenvalue weighted by atomic mass is 10.1. The summed E-state index contributed by atoms with van der Waals surface area (Å²) in [4.78, 5) is 19.3. The fourth-order valence-electron chi connectivity index (χ4n) is 2.04. The molecule has 0 atom stereocenters. The van der Waals surface area contributed by atoms with Crippen LogP contribution >= 0.6 is 22.7 Å². The molecule has 0 saturated heterocycles. The van der Waals surface area contributed by atoms with Crippen LogP contribution in [-0.4, -0.2) is 24.3 Å². The SMILES string of the molecule is CC(=O)Nc1ncc(S(=O)(=O)Nc2cccc(-c3csc(C)n3)c2)s1. The molecule has 0 bridgehead atoms. The van der Waals surface area contributed by atoms with E-state index in [1.165, 1.54) is 24.5 Å². The molecule has 7 nitrogen and oxygen atoms in total. The Bertz CT molecular complexity index is 1020. The van der Waals surface area contributed by atoms with E-state index < -0.39 is 10.0 Å². The van der Waals surface area contributed by atoms with Crippen LogP contribution in [0.5, 0.6) is 0 Å². The Labute approximate surface area is 152 Å². The lowest BCUT2D eigenvalue weighted by Crippen LogP contribution is -2.11. The molecular weight excluding hydrogens is 380 g/mol. The highest BCUT2D eigenvalue weighted by Gasteiger charge is 2.19. The number of carbonyl (C=O) groups is 1. The predicted molar refractivity (Wildman–Crippen MR) is 99.5 cm³/mol. The molecule has 3 rings (SSSR count). The maximum Gasteiger partial charge on any atom is 0.273 e. The van der Waals surface area contributed by atoms with E-state index in [1.807, 2.05) is 18.4 Å². The summed E-state index contributed by atoms with van der Waals surface area (Å²) in [5, 5.41) is 5.56. The van der Waals surface area contributed by atoms with E-state index in [1.54, 1.807) is 18.2 Å². The summed E-state index contributed by atoms with van der Waals surface area (Å²) in [5.74, 6) is -0.308. The van der Waals surface area contributed by atoms with Gasteiger partial charge in [0.15, 0.2) is 9.34 Å². The fraction of sp³-hybridized carbons (Fsp3) is 0.133. The van der Waals surface area contributed by atoms with Gasteiger partial charge in [0, 0.05) is 23.6 Å². The summed E-state index contributed by atoms with van der Waals surface area (Å²) in [6, 6.07) is 7.02. The van der Waals surface area contributed by atoms with E-state index in [0.29, 0.717) is 5.69 Å². The summed E-state index contributed by atoms with van der Waals surface area (Å²) in [7, 11) is -3.79. The number of thiazole rings is 2. The van der Waals surface area contributed by atoms with E-state index in [4.69, 9.17) is 0 Å². The van der Waals surface area contributed by atoms with Crippen molar-refractivity contribution in [3.63, 3.8) is 0 Å². The van der Waals surface area contributed by atoms with Gasteiger partial charge in [-0.2, -0.15) is 0 Å². The number of benzene rings is 1. The fourth-order valence-corrected chi connectivity index (χ4v) is 4.78. The number of nitrogens with zero attached hydrogens (tertiary/aromatic N) is 2. The van der Waals surface area contributed by atoms with Gasteiger partial charge >= 0.3 is 0 Å². The van der Waals surface area contributed by atoms with Crippen molar-refractivity contribution in [2.24, 2.45) is 0 Å². The maximum absolute atomic E-state index is 12.5. The Morgan fingerprint density at radius 2 is 2.08 bits per heavy atom. The summed E-state index contributed by atoms with van der Waals surface area (Å²) < 4.78 is 27.5. The topological polar surface area (TPSA) is 101 Å². The standard InChI is InChI=1S/C15H14N4O3S3/c1-9(20)17-15-16-7-14(24-15)25(21,22)19-12-5-3-4-11(6-12)13-8-23-10(2)18-13/h3-8,19H,1-2H3,(H,16,17,20). The second-order valence-electron chi connectivity index (χ2n) is 5.10. The minimum Gasteiger partial charge on any atom is -0.302 e. The molecule has 0 aliphatic heterocycles. The normalized spacial score (nSPS) is 11.3. The van der Waals surface area contributed by atoms with Gasteiger partial charge in [0.05, 0.1) is 16.9 Å². The van der Waals surface area contributed by atoms with Crippen molar-refractivity contribution in [1.82, 2.24) is 9.97 Å². The van der Waals surface area contributed by atoms with Crippen molar-refractivity contribution in [3.05, 3.63) is 40.8 Å². The first kappa shape index (κ1) is 17.5. The third kappa shape index (κ3) is 4.21. The number of hydrogen-bond donors (Lipinski definition) is 2. The van der Waals surface area contributed by atoms with Crippen LogP contribution in [0.4, 0.5) is 10.8 Å². The molecule has 1 amide bonds. The Morgan fingerprint density at radius 3 is 2.76 bits per heavy atom. The largest absolute Gasteiger partial charge is 0.302 e. The van der Waals surface area contributed by atoms with Gasteiger partial charge in [0.1, 0.15) is 0 Å². The average Bonchev–Trinajstić information content (AvgIpc) is 3.16. The molecule has 0 radical (unpaired) electrons. The highest BCUT2D eigenvalue weighted by Crippen LogP contribution is 2.28. The molecule has 0 spiro atoms. The Morgan fingerprint density at radius 1 is 1.28 bits per heavy atom. The quantitative estimate of drug-likeness (QED) is 0.691. The van der Waals surface area contributed by atoms with Gasteiger partial charge in [-0.25, -0.2) is 18.4 Å². The minimum absolute atomic E-state index is 0.0196. The van der Waals surface area contributed by atoms with Crippen LogP contribution in [0.1, 0.15) is 11.9 Å². The van der Waals surface area contributed by atoms with Gasteiger partial charge in [-0.3, -0.25) is 9.52 Å². The van der Waals surface area contributed by atoms with Crippen LogP contribution in [0.2, 0.25) is 0 Å². The van der Waals surface area contributed by atoms with Gasteiger partial charge in [-0.15, -0.1) is 11.3 Å². The predicted octanol–water partition coefficient (Wildman–Crippen LogP) is 3.33. The third-order valence-corrected chi connectivity index (χ3v) is 6.59. The second-order valence-corrected chi connectivity index (χ2v) is 9.11. The molecule has 0 aliphatic rings. The summed E-state index contributed by atoms with van der Waals surface area (Å²) in [5.41, 5.74) is 2.06. The first-order valence-electron chi connectivity index (χ1n) is 7.12. The molecule has 0 saturated carbocycles. The molecular formula is C15H14N4O3S3. The van der Waals surface area contributed by atoms with Crippen molar-refractivity contribution in [2.45, 2.75) is 18.1 Å². The number of amides is 1. The van der Waals surface area contributed by atoms with E-state index in [-0.39, 0.29) is 15.2 Å². The first-order chi connectivity index (χ1) is 11.8. The number of aromatic nitrogens is 2. The van der Waals surface area contributed by atoms with Crippen LogP contribution in [0.15, 0.2) is 40.1 Å². The molecule has 0 fully saturated rings. The zero-order valence-electron chi connectivity index (χ0n) is 13.3. The molecule has 3 aromatic rings. The van der Waals surface area contributed by atoms with Crippen LogP contribution in [-0.2, 0) is 14.8 Å². The lowest BCUT2D eigenvalue weighted by molar-refractivity contribution is -0.114. The monoisotopic (exact) mass is 394 g/mol. The Balaban J connectivity index is 1.83. The number of aryl methyl sites for hydroxylation is 1. The number of sulfonamides is 1. The lowest BCUT2D eigenvalue weighted by Gasteiger charge is -2.07. The van der Waals surface area contributed by atoms with E-state index in [2.05, 4.69) is 20.0 Å². The Hall–Kier alpha value is -2.30. The molecule has 0 unspecified atom stereocenters. The Kier molecular flexibility index (Phi) is 4.84. The van der Waals surface area contributed by atoms with Crippen molar-refractivity contribution >= 4 is 49.4 Å². The van der Waals surface area contributed by atoms with Crippen LogP contribution in [0.3, 0.4) is 0 Å². The first-order valence-corrected chi connectivity index (χ1v) is 10.3. The molecule has 10 heteroatoms. The smallest absolute Gasteiger partial charge is 0.273 e. The third-order valence-electron chi connectivity index (χ3n) is 3.06. The second kappa shape index (κ2) is 6.90. The van der Waals surface area contributed by atoms with E-state index >= 15 is 0 Å². The van der Waals surface area contributed by atoms with Crippen LogP contribution in [0, 0.1) is 6.92 Å². The van der Waals surface area contributed by atoms with Gasteiger partial charge < -0.3 is 5.32 Å². The summed E-state index contributed by atoms with van der Waals surface area (Å²) >= 11 is 2.42. The number of hydrogen-bond acceptors (Lipinski definition) is 7. The van der Waals surface area contributed by atoms with Crippen LogP contribution < -0.4 is 10.0 Å². The molecule has 2 heterocycles. The van der Waals surface area contributed by atoms with Crippen molar-refractivity contribution in [3.8, 4) is 11.3 Å². The maximum atomic E-state index is 12.5. The molecule has 1 aromatic carbocycles. The van der Waals surface area contributed by atoms with E-state index in [0.717, 1.165) is 27.6 Å². The number of anilines is 2. The number of carbonyl (C=O) groups excluding carboxylic acids is 1. The highest BCUT2D eigenvalue weighted by atomic mass is 32.2. The zero-order valence-corrected chi connectivity index (χ0v) is 15.8. The molecule has 2 N–H and O–H groups in total. The van der Waals surface area contributed by atoms with Gasteiger partial charge in [-0.1, -0.05) is 23.5 Å². The van der Waals surface area contributed by atoms with Gasteiger partial charge in [-0.05, 0) is 19.1 Å². The molecule has 25 heavy (non-hydrogen) atoms. The summed E-state index contributed by atoms with van der Waals surface area (Å²) in [6.45, 7) is 3.25. The summed E-state index contributed by atoms with van der Waals surface area (Å²) in [6.07, 6.45) is 1.21. The van der Waals surface area contributed by atoms with Gasteiger partial charge in [0.25, 0.3) is 10.0 Å². The average molecular weight is 395 g/mol. The number of rotatable bonds is 5. The van der Waals surface area contributed by atoms with Crippen molar-refractivity contribution in [2.75, 3.05) is 10.0 Å². The minimum atomic E-state index is -3.79. The van der Waals surface area contributed by atoms with Crippen molar-refractivity contribution < 1.29 is 13.2 Å². The molecule has 0 aliphatic carbocycles. The highest BCUT2D eigenvalue weighted by molar-refractivity contribution is 7.94. The van der Waals surface area contributed by atoms with Crippen molar-refractivity contribution in [1.29, 1.82) is 0 Å².